The highest BCUT2D eigenvalue weighted by molar-refractivity contribution is 6.07. The summed E-state index contributed by atoms with van der Waals surface area (Å²) in [6, 6.07) is 12.0. The lowest BCUT2D eigenvalue weighted by Crippen LogP contribution is -2.27. The van der Waals surface area contributed by atoms with Crippen LogP contribution in [0.4, 0.5) is 5.69 Å². The number of likely N-dealkylation sites (N-methyl/N-ethyl adjacent to an activating group) is 1. The predicted molar refractivity (Wildman–Crippen MR) is 153 cm³/mol. The van der Waals surface area contributed by atoms with Gasteiger partial charge in [-0.1, -0.05) is 11.6 Å². The second-order valence-electron chi connectivity index (χ2n) is 10.2. The number of anilines is 1. The predicted octanol–water partition coefficient (Wildman–Crippen LogP) is 4.91. The van der Waals surface area contributed by atoms with Crippen LogP contribution in [0.1, 0.15) is 58.6 Å². The van der Waals surface area contributed by atoms with Gasteiger partial charge in [0.25, 0.3) is 5.91 Å². The number of pyridine rings is 2. The van der Waals surface area contributed by atoms with Crippen molar-refractivity contribution in [2.75, 3.05) is 32.5 Å². The molecule has 38 heavy (non-hydrogen) atoms. The Morgan fingerprint density at radius 2 is 1.89 bits per heavy atom. The zero-order chi connectivity index (χ0) is 26.8. The van der Waals surface area contributed by atoms with Crippen molar-refractivity contribution >= 4 is 22.5 Å². The molecule has 8 nitrogen and oxygen atoms in total. The van der Waals surface area contributed by atoms with E-state index in [2.05, 4.69) is 27.3 Å². The molecule has 0 spiro atoms. The average Bonchev–Trinajstić information content (AvgIpc) is 3.68. The fourth-order valence-corrected chi connectivity index (χ4v) is 5.03. The van der Waals surface area contributed by atoms with Gasteiger partial charge in [-0.25, -0.2) is 9.97 Å². The Morgan fingerprint density at radius 1 is 1.08 bits per heavy atom. The highest BCUT2D eigenvalue weighted by Crippen LogP contribution is 2.42. The van der Waals surface area contributed by atoms with Gasteiger partial charge in [-0.3, -0.25) is 9.48 Å². The molecule has 198 valence electrons. The first kappa shape index (κ1) is 25.9. The van der Waals surface area contributed by atoms with Gasteiger partial charge in [-0.05, 0) is 71.0 Å². The molecule has 1 aromatic carbocycles. The van der Waals surface area contributed by atoms with Crippen LogP contribution < -0.4 is 10.6 Å². The monoisotopic (exact) mass is 511 g/mol. The first-order chi connectivity index (χ1) is 18.4. The molecule has 0 atom stereocenters. The molecule has 0 bridgehead atoms. The maximum Gasteiger partial charge on any atom is 0.254 e. The third-order valence-electron chi connectivity index (χ3n) is 7.21. The van der Waals surface area contributed by atoms with Crippen LogP contribution in [0.15, 0.2) is 42.6 Å². The van der Waals surface area contributed by atoms with E-state index in [-0.39, 0.29) is 5.91 Å². The van der Waals surface area contributed by atoms with Crippen molar-refractivity contribution < 1.29 is 4.79 Å². The topological polar surface area (TPSA) is 88.0 Å². The maximum atomic E-state index is 13.9. The lowest BCUT2D eigenvalue weighted by Gasteiger charge is -2.20. The number of aryl methyl sites for hydroxylation is 3. The number of carbonyl (C=O) groups is 1. The largest absolute Gasteiger partial charge is 0.382 e. The van der Waals surface area contributed by atoms with Gasteiger partial charge < -0.3 is 15.5 Å². The summed E-state index contributed by atoms with van der Waals surface area (Å²) in [4.78, 5) is 25.5. The molecule has 0 unspecified atom stereocenters. The zero-order valence-electron chi connectivity index (χ0n) is 23.0. The van der Waals surface area contributed by atoms with Crippen LogP contribution in [0.5, 0.6) is 0 Å². The van der Waals surface area contributed by atoms with E-state index < -0.39 is 0 Å². The molecule has 8 heteroatoms. The standard InChI is InChI=1S/C30H37N7O/c1-6-37-29(21-8-9-21)22(17-33-37)18-36(5)30(38)24-16-28(35-26-10-7-19(2)15-23(24)26)27-12-11-25(20(3)34-27)32-14-13-31-4/h7,10-12,15-17,21,31-32H,6,8-9,13-14,18H2,1-5H3. The van der Waals surface area contributed by atoms with E-state index in [9.17, 15) is 4.79 Å². The second-order valence-corrected chi connectivity index (χ2v) is 10.2. The molecule has 0 aliphatic heterocycles. The quantitative estimate of drug-likeness (QED) is 0.294. The molecule has 1 aliphatic rings. The van der Waals surface area contributed by atoms with Gasteiger partial charge in [0.2, 0.25) is 0 Å². The highest BCUT2D eigenvalue weighted by Gasteiger charge is 2.30. The van der Waals surface area contributed by atoms with Gasteiger partial charge in [0.05, 0.1) is 40.0 Å². The van der Waals surface area contributed by atoms with E-state index in [1.54, 1.807) is 4.90 Å². The number of nitrogens with zero attached hydrogens (tertiary/aromatic N) is 5. The van der Waals surface area contributed by atoms with E-state index in [1.165, 1.54) is 18.5 Å². The number of aromatic nitrogens is 4. The van der Waals surface area contributed by atoms with Crippen LogP contribution >= 0.6 is 0 Å². The van der Waals surface area contributed by atoms with Crippen LogP contribution in [0, 0.1) is 13.8 Å². The van der Waals surface area contributed by atoms with Crippen LogP contribution in [0.25, 0.3) is 22.3 Å². The fourth-order valence-electron chi connectivity index (χ4n) is 5.03. The number of hydrogen-bond donors (Lipinski definition) is 2. The minimum absolute atomic E-state index is 0.0303. The van der Waals surface area contributed by atoms with Gasteiger partial charge in [0, 0.05) is 55.8 Å². The lowest BCUT2D eigenvalue weighted by molar-refractivity contribution is 0.0786. The van der Waals surface area contributed by atoms with Crippen LogP contribution in [0.3, 0.4) is 0 Å². The van der Waals surface area contributed by atoms with E-state index >= 15 is 0 Å². The highest BCUT2D eigenvalue weighted by atomic mass is 16.2. The van der Waals surface area contributed by atoms with Gasteiger partial charge >= 0.3 is 0 Å². The number of benzene rings is 1. The van der Waals surface area contributed by atoms with Crippen molar-refractivity contribution in [2.45, 2.75) is 52.6 Å². The number of amides is 1. The molecule has 1 amide bonds. The Bertz CT molecular complexity index is 1470. The molecule has 4 aromatic rings. The molecule has 3 heterocycles. The SMILES string of the molecule is CCn1ncc(CN(C)C(=O)c2cc(-c3ccc(NCCNC)c(C)n3)nc3ccc(C)cc23)c1C1CC1. The fraction of sp³-hybridized carbons (Fsp3) is 0.400. The molecule has 1 fully saturated rings. The molecule has 2 N–H and O–H groups in total. The summed E-state index contributed by atoms with van der Waals surface area (Å²) < 4.78 is 2.08. The summed E-state index contributed by atoms with van der Waals surface area (Å²) in [5.41, 5.74) is 8.28. The normalized spacial score (nSPS) is 13.2. The van der Waals surface area contributed by atoms with E-state index in [0.717, 1.165) is 58.7 Å². The molecule has 1 aliphatic carbocycles. The van der Waals surface area contributed by atoms with Crippen LogP contribution in [-0.4, -0.2) is 57.7 Å². The summed E-state index contributed by atoms with van der Waals surface area (Å²) in [6.45, 7) is 9.20. The summed E-state index contributed by atoms with van der Waals surface area (Å²) in [5.74, 6) is 0.536. The van der Waals surface area contributed by atoms with Gasteiger partial charge in [0.1, 0.15) is 0 Å². The van der Waals surface area contributed by atoms with Crippen molar-refractivity contribution in [3.63, 3.8) is 0 Å². The van der Waals surface area contributed by atoms with E-state index in [4.69, 9.17) is 9.97 Å². The number of rotatable bonds is 10. The first-order valence-electron chi connectivity index (χ1n) is 13.5. The number of carbonyl (C=O) groups excluding carboxylic acids is 1. The summed E-state index contributed by atoms with van der Waals surface area (Å²) in [6.07, 6.45) is 4.33. The number of nitrogens with one attached hydrogen (secondary N) is 2. The van der Waals surface area contributed by atoms with E-state index in [1.807, 2.05) is 70.5 Å². The molecule has 1 saturated carbocycles. The summed E-state index contributed by atoms with van der Waals surface area (Å²) >= 11 is 0. The second kappa shape index (κ2) is 10.9. The van der Waals surface area contributed by atoms with Crippen molar-refractivity contribution in [3.8, 4) is 11.4 Å². The molecule has 5 rings (SSSR count). The number of fused-ring (bicyclic) bond motifs is 1. The van der Waals surface area contributed by atoms with Crippen LogP contribution in [-0.2, 0) is 13.1 Å². The first-order valence-corrected chi connectivity index (χ1v) is 13.5. The Kier molecular flexibility index (Phi) is 7.42. The Hall–Kier alpha value is -3.78. The number of hydrogen-bond acceptors (Lipinski definition) is 6. The Morgan fingerprint density at radius 3 is 2.61 bits per heavy atom. The minimum atomic E-state index is -0.0303. The zero-order valence-corrected chi connectivity index (χ0v) is 23.0. The molecular weight excluding hydrogens is 474 g/mol. The summed E-state index contributed by atoms with van der Waals surface area (Å²) in [7, 11) is 3.81. The summed E-state index contributed by atoms with van der Waals surface area (Å²) in [5, 5.41) is 12.0. The van der Waals surface area contributed by atoms with Gasteiger partial charge in [-0.2, -0.15) is 5.10 Å². The van der Waals surface area contributed by atoms with Gasteiger partial charge in [0.15, 0.2) is 0 Å². The molecular formula is C30H37N7O. The van der Waals surface area contributed by atoms with Gasteiger partial charge in [-0.15, -0.1) is 0 Å². The van der Waals surface area contributed by atoms with E-state index in [0.29, 0.717) is 23.7 Å². The molecule has 0 saturated heterocycles. The Labute approximate surface area is 224 Å². The van der Waals surface area contributed by atoms with Crippen molar-refractivity contribution in [2.24, 2.45) is 0 Å². The smallest absolute Gasteiger partial charge is 0.254 e. The van der Waals surface area contributed by atoms with Crippen LogP contribution in [0.2, 0.25) is 0 Å². The van der Waals surface area contributed by atoms with Crippen molar-refractivity contribution in [1.82, 2.24) is 30.0 Å². The Balaban J connectivity index is 1.49. The lowest BCUT2D eigenvalue weighted by atomic mass is 10.0. The molecule has 3 aromatic heterocycles. The average molecular weight is 512 g/mol. The maximum absolute atomic E-state index is 13.9. The third kappa shape index (κ3) is 5.27. The van der Waals surface area contributed by atoms with Crippen molar-refractivity contribution in [3.05, 3.63) is 70.7 Å². The third-order valence-corrected chi connectivity index (χ3v) is 7.21. The minimum Gasteiger partial charge on any atom is -0.382 e. The molecule has 0 radical (unpaired) electrons. The van der Waals surface area contributed by atoms with Crippen molar-refractivity contribution in [1.29, 1.82) is 0 Å².